The Morgan fingerprint density at radius 1 is 1.06 bits per heavy atom. The highest BCUT2D eigenvalue weighted by Crippen LogP contribution is 2.25. The number of hydrogen-bond donors (Lipinski definition) is 1. The topological polar surface area (TPSA) is 57.8 Å². The number of nitrogens with one attached hydrogen (secondary N) is 1. The Labute approximate surface area is 179 Å². The Bertz CT molecular complexity index is 1310. The van der Waals surface area contributed by atoms with Gasteiger partial charge in [0.1, 0.15) is 17.5 Å². The van der Waals surface area contributed by atoms with Crippen molar-refractivity contribution in [3.05, 3.63) is 107 Å². The molecule has 0 saturated carbocycles. The number of amides is 1. The molecule has 0 saturated heterocycles. The highest BCUT2D eigenvalue weighted by Gasteiger charge is 2.13. The number of fused-ring (bicyclic) bond motifs is 1. The fraction of sp³-hybridized carbons (Fsp3) is 0.0769. The van der Waals surface area contributed by atoms with Crippen LogP contribution >= 0.6 is 0 Å². The van der Waals surface area contributed by atoms with Crippen LogP contribution in [0.25, 0.3) is 17.0 Å². The normalized spacial score (nSPS) is 11.3. The molecule has 0 aliphatic heterocycles. The van der Waals surface area contributed by atoms with Crippen LogP contribution in [0.2, 0.25) is 0 Å². The molecule has 4 rings (SSSR count). The molecule has 152 valence electrons. The third-order valence-electron chi connectivity index (χ3n) is 5.06. The van der Waals surface area contributed by atoms with Gasteiger partial charge < -0.3 is 9.88 Å². The van der Waals surface area contributed by atoms with Gasteiger partial charge in [-0.15, -0.1) is 0 Å². The predicted octanol–water partition coefficient (Wildman–Crippen LogP) is 5.68. The van der Waals surface area contributed by atoms with Crippen molar-refractivity contribution in [3.8, 4) is 6.07 Å². The molecule has 4 nitrogen and oxygen atoms in total. The zero-order chi connectivity index (χ0) is 21.8. The minimum Gasteiger partial charge on any atom is -0.342 e. The van der Waals surface area contributed by atoms with Crippen LogP contribution < -0.4 is 5.32 Å². The van der Waals surface area contributed by atoms with E-state index in [0.29, 0.717) is 12.2 Å². The number of nitrogens with zero attached hydrogens (tertiary/aromatic N) is 2. The number of hydrogen-bond acceptors (Lipinski definition) is 2. The van der Waals surface area contributed by atoms with Crippen molar-refractivity contribution in [2.24, 2.45) is 0 Å². The molecule has 1 amide bonds. The van der Waals surface area contributed by atoms with E-state index in [1.165, 1.54) is 12.1 Å². The average Bonchev–Trinajstić information content (AvgIpc) is 3.12. The van der Waals surface area contributed by atoms with Gasteiger partial charge in [0.15, 0.2) is 0 Å². The Balaban J connectivity index is 1.66. The van der Waals surface area contributed by atoms with E-state index < -0.39 is 5.91 Å². The molecular formula is C26H20FN3O. The summed E-state index contributed by atoms with van der Waals surface area (Å²) in [6, 6.07) is 23.6. The molecule has 0 bridgehead atoms. The third kappa shape index (κ3) is 4.54. The van der Waals surface area contributed by atoms with Crippen molar-refractivity contribution in [3.63, 3.8) is 0 Å². The third-order valence-corrected chi connectivity index (χ3v) is 5.06. The standard InChI is InChI=1S/C26H20FN3O/c1-18-6-12-23(13-7-18)29-26(31)20(15-28)14-21-17-30(25-5-3-2-4-24(21)25)16-19-8-10-22(27)11-9-19/h2-14,17H,16H2,1H3,(H,29,31)/b20-14+. The Kier molecular flexibility index (Phi) is 5.63. The van der Waals surface area contributed by atoms with E-state index in [0.717, 1.165) is 27.6 Å². The van der Waals surface area contributed by atoms with Gasteiger partial charge in [-0.1, -0.05) is 48.0 Å². The summed E-state index contributed by atoms with van der Waals surface area (Å²) in [7, 11) is 0. The second kappa shape index (κ2) is 8.68. The zero-order valence-corrected chi connectivity index (χ0v) is 17.0. The minimum atomic E-state index is -0.457. The maximum atomic E-state index is 13.2. The largest absolute Gasteiger partial charge is 0.342 e. The molecule has 1 heterocycles. The van der Waals surface area contributed by atoms with Crippen molar-refractivity contribution >= 4 is 28.6 Å². The van der Waals surface area contributed by atoms with E-state index in [1.54, 1.807) is 30.3 Å². The first kappa shape index (κ1) is 20.1. The number of anilines is 1. The zero-order valence-electron chi connectivity index (χ0n) is 17.0. The number of halogens is 1. The average molecular weight is 409 g/mol. The van der Waals surface area contributed by atoms with Crippen molar-refractivity contribution < 1.29 is 9.18 Å². The van der Waals surface area contributed by atoms with Crippen LogP contribution in [0, 0.1) is 24.1 Å². The molecule has 0 atom stereocenters. The van der Waals surface area contributed by atoms with Gasteiger partial charge in [-0.05, 0) is 48.9 Å². The number of para-hydroxylation sites is 1. The van der Waals surface area contributed by atoms with E-state index in [2.05, 4.69) is 5.32 Å². The SMILES string of the molecule is Cc1ccc(NC(=O)/C(C#N)=C/c2cn(Cc3ccc(F)cc3)c3ccccc23)cc1. The number of nitriles is 1. The van der Waals surface area contributed by atoms with Gasteiger partial charge in [0.05, 0.1) is 0 Å². The van der Waals surface area contributed by atoms with Gasteiger partial charge in [-0.25, -0.2) is 4.39 Å². The van der Waals surface area contributed by atoms with Crippen molar-refractivity contribution in [1.29, 1.82) is 5.26 Å². The summed E-state index contributed by atoms with van der Waals surface area (Å²) in [5, 5.41) is 13.3. The summed E-state index contributed by atoms with van der Waals surface area (Å²) in [4.78, 5) is 12.7. The fourth-order valence-electron chi connectivity index (χ4n) is 3.45. The first-order valence-electron chi connectivity index (χ1n) is 9.85. The lowest BCUT2D eigenvalue weighted by Crippen LogP contribution is -2.13. The Hall–Kier alpha value is -4.17. The Morgan fingerprint density at radius 3 is 2.48 bits per heavy atom. The van der Waals surface area contributed by atoms with Crippen LogP contribution in [0.15, 0.2) is 84.6 Å². The number of rotatable bonds is 5. The van der Waals surface area contributed by atoms with Gasteiger partial charge in [-0.2, -0.15) is 5.26 Å². The van der Waals surface area contributed by atoms with E-state index in [9.17, 15) is 14.4 Å². The maximum absolute atomic E-state index is 13.2. The van der Waals surface area contributed by atoms with E-state index in [-0.39, 0.29) is 11.4 Å². The van der Waals surface area contributed by atoms with Crippen LogP contribution in [0.4, 0.5) is 10.1 Å². The van der Waals surface area contributed by atoms with Crippen molar-refractivity contribution in [1.82, 2.24) is 4.57 Å². The Morgan fingerprint density at radius 2 is 1.77 bits per heavy atom. The minimum absolute atomic E-state index is 0.0188. The van der Waals surface area contributed by atoms with Crippen LogP contribution in [-0.2, 0) is 11.3 Å². The second-order valence-electron chi connectivity index (χ2n) is 7.35. The lowest BCUT2D eigenvalue weighted by molar-refractivity contribution is -0.112. The number of aryl methyl sites for hydroxylation is 1. The summed E-state index contributed by atoms with van der Waals surface area (Å²) >= 11 is 0. The molecule has 0 unspecified atom stereocenters. The van der Waals surface area contributed by atoms with Crippen LogP contribution in [-0.4, -0.2) is 10.5 Å². The van der Waals surface area contributed by atoms with Crippen LogP contribution in [0.1, 0.15) is 16.7 Å². The highest BCUT2D eigenvalue weighted by atomic mass is 19.1. The molecule has 0 fully saturated rings. The summed E-state index contributed by atoms with van der Waals surface area (Å²) in [6.07, 6.45) is 3.51. The number of aromatic nitrogens is 1. The molecule has 0 aliphatic carbocycles. The summed E-state index contributed by atoms with van der Waals surface area (Å²) in [5.74, 6) is -0.732. The quantitative estimate of drug-likeness (QED) is 0.340. The van der Waals surface area contributed by atoms with E-state index in [4.69, 9.17) is 0 Å². The van der Waals surface area contributed by atoms with Gasteiger partial charge in [0.25, 0.3) is 5.91 Å². The lowest BCUT2D eigenvalue weighted by atomic mass is 10.1. The van der Waals surface area contributed by atoms with Crippen molar-refractivity contribution in [2.75, 3.05) is 5.32 Å². The molecular weight excluding hydrogens is 389 g/mol. The predicted molar refractivity (Wildman–Crippen MR) is 121 cm³/mol. The smallest absolute Gasteiger partial charge is 0.266 e. The highest BCUT2D eigenvalue weighted by molar-refractivity contribution is 6.10. The molecule has 0 spiro atoms. The molecule has 3 aromatic carbocycles. The van der Waals surface area contributed by atoms with Gasteiger partial charge in [0, 0.05) is 34.9 Å². The monoisotopic (exact) mass is 409 g/mol. The lowest BCUT2D eigenvalue weighted by Gasteiger charge is -2.05. The van der Waals surface area contributed by atoms with Crippen LogP contribution in [0.5, 0.6) is 0 Å². The maximum Gasteiger partial charge on any atom is 0.266 e. The molecule has 4 aromatic rings. The van der Waals surface area contributed by atoms with Gasteiger partial charge >= 0.3 is 0 Å². The summed E-state index contributed by atoms with van der Waals surface area (Å²) in [5.41, 5.74) is 4.43. The first-order valence-corrected chi connectivity index (χ1v) is 9.85. The fourth-order valence-corrected chi connectivity index (χ4v) is 3.45. The second-order valence-corrected chi connectivity index (χ2v) is 7.35. The molecule has 31 heavy (non-hydrogen) atoms. The van der Waals surface area contributed by atoms with Gasteiger partial charge in [-0.3, -0.25) is 4.79 Å². The molecule has 0 aliphatic rings. The number of carbonyl (C=O) groups excluding carboxylic acids is 1. The molecule has 0 radical (unpaired) electrons. The van der Waals surface area contributed by atoms with Gasteiger partial charge in [0.2, 0.25) is 0 Å². The molecule has 1 aromatic heterocycles. The number of carbonyl (C=O) groups is 1. The molecule has 5 heteroatoms. The van der Waals surface area contributed by atoms with Crippen LogP contribution in [0.3, 0.4) is 0 Å². The summed E-state index contributed by atoms with van der Waals surface area (Å²) < 4.78 is 15.3. The first-order chi connectivity index (χ1) is 15.0. The van der Waals surface area contributed by atoms with E-state index in [1.807, 2.05) is 60.2 Å². The van der Waals surface area contributed by atoms with E-state index >= 15 is 0 Å². The summed E-state index contributed by atoms with van der Waals surface area (Å²) in [6.45, 7) is 2.51. The molecule has 1 N–H and O–H groups in total. The van der Waals surface area contributed by atoms with Crippen molar-refractivity contribution in [2.45, 2.75) is 13.5 Å². The number of benzene rings is 3.